The molecule has 1 aliphatic heterocycles. The molecule has 1 aromatic rings. The van der Waals surface area contributed by atoms with Crippen LogP contribution in [-0.4, -0.2) is 51.7 Å². The van der Waals surface area contributed by atoms with Gasteiger partial charge in [-0.2, -0.15) is 0 Å². The van der Waals surface area contributed by atoms with Crippen LogP contribution in [0.4, 0.5) is 0 Å². The molecule has 1 aromatic carbocycles. The number of carbonyl (C=O) groups is 1. The highest BCUT2D eigenvalue weighted by Crippen LogP contribution is 2.36. The fourth-order valence-electron chi connectivity index (χ4n) is 2.30. The molecule has 0 atom stereocenters. The molecule has 0 radical (unpaired) electrons. The summed E-state index contributed by atoms with van der Waals surface area (Å²) < 4.78 is 27.4. The van der Waals surface area contributed by atoms with E-state index in [-0.39, 0.29) is 0 Å². The van der Waals surface area contributed by atoms with E-state index in [2.05, 4.69) is 0 Å². The van der Waals surface area contributed by atoms with Crippen molar-refractivity contribution >= 4 is 18.6 Å². The quantitative estimate of drug-likeness (QED) is 0.448. The third-order valence-electron chi connectivity index (χ3n) is 4.48. The third-order valence-corrected chi connectivity index (χ3v) is 4.48. The van der Waals surface area contributed by atoms with Crippen molar-refractivity contribution < 1.29 is 28.3 Å². The topological polar surface area (TPSA) is 63.2 Å². The Morgan fingerprint density at radius 1 is 1.08 bits per heavy atom. The summed E-state index contributed by atoms with van der Waals surface area (Å²) in [6.45, 7) is 8.70. The van der Waals surface area contributed by atoms with Crippen molar-refractivity contribution in [2.24, 2.45) is 0 Å². The lowest BCUT2D eigenvalue weighted by molar-refractivity contribution is 0.00578. The summed E-state index contributed by atoms with van der Waals surface area (Å²) in [6, 6.07) is 5.25. The summed E-state index contributed by atoms with van der Waals surface area (Å²) in [5, 5.41) is 0. The summed E-state index contributed by atoms with van der Waals surface area (Å²) in [6.07, 6.45) is 0. The SMILES string of the molecule is COCCOc1ccc(B2OC(C)(C)C(C)(C)O2)cc1C(=O)OC. The normalized spacial score (nSPS) is 18.5. The molecular weight excluding hydrogens is 311 g/mol. The molecule has 0 aliphatic carbocycles. The Hall–Kier alpha value is -1.57. The monoisotopic (exact) mass is 336 g/mol. The molecule has 0 N–H and O–H groups in total. The van der Waals surface area contributed by atoms with Gasteiger partial charge in [-0.3, -0.25) is 0 Å². The van der Waals surface area contributed by atoms with E-state index in [1.165, 1.54) is 7.11 Å². The highest BCUT2D eigenvalue weighted by Gasteiger charge is 2.51. The number of hydrogen-bond acceptors (Lipinski definition) is 6. The van der Waals surface area contributed by atoms with Crippen molar-refractivity contribution in [3.8, 4) is 5.75 Å². The molecule has 0 saturated carbocycles. The minimum absolute atomic E-state index is 0.334. The lowest BCUT2D eigenvalue weighted by Gasteiger charge is -2.32. The molecular formula is C17H25BO6. The predicted molar refractivity (Wildman–Crippen MR) is 90.9 cm³/mol. The van der Waals surface area contributed by atoms with Gasteiger partial charge in [0.2, 0.25) is 0 Å². The molecule has 1 saturated heterocycles. The van der Waals surface area contributed by atoms with E-state index < -0.39 is 24.3 Å². The zero-order valence-electron chi connectivity index (χ0n) is 15.2. The summed E-state index contributed by atoms with van der Waals surface area (Å²) >= 11 is 0. The van der Waals surface area contributed by atoms with Crippen LogP contribution < -0.4 is 10.2 Å². The van der Waals surface area contributed by atoms with Gasteiger partial charge >= 0.3 is 13.1 Å². The van der Waals surface area contributed by atoms with E-state index in [1.54, 1.807) is 19.2 Å². The number of methoxy groups -OCH3 is 2. The summed E-state index contributed by atoms with van der Waals surface area (Å²) in [4.78, 5) is 12.1. The number of benzene rings is 1. The van der Waals surface area contributed by atoms with Crippen molar-refractivity contribution in [1.29, 1.82) is 0 Å². The minimum atomic E-state index is -0.550. The van der Waals surface area contributed by atoms with Crippen molar-refractivity contribution in [1.82, 2.24) is 0 Å². The van der Waals surface area contributed by atoms with Crippen molar-refractivity contribution in [2.75, 3.05) is 27.4 Å². The maximum Gasteiger partial charge on any atom is 0.494 e. The molecule has 132 valence electrons. The average molecular weight is 336 g/mol. The first-order valence-electron chi connectivity index (χ1n) is 7.91. The standard InChI is InChI=1S/C17H25BO6/c1-16(2)17(3,4)24-18(23-16)12-7-8-14(22-10-9-20-5)13(11-12)15(19)21-6/h7-8,11H,9-10H2,1-6H3. The first kappa shape index (κ1) is 18.8. The Morgan fingerprint density at radius 3 is 2.25 bits per heavy atom. The number of carbonyl (C=O) groups excluding carboxylic acids is 1. The van der Waals surface area contributed by atoms with E-state index in [0.717, 1.165) is 5.46 Å². The van der Waals surface area contributed by atoms with E-state index in [1.807, 2.05) is 33.8 Å². The Kier molecular flexibility index (Phi) is 5.57. The molecule has 2 rings (SSSR count). The lowest BCUT2D eigenvalue weighted by atomic mass is 9.78. The average Bonchev–Trinajstić information content (AvgIpc) is 2.75. The van der Waals surface area contributed by atoms with Gasteiger partial charge in [0.25, 0.3) is 0 Å². The van der Waals surface area contributed by atoms with Crippen LogP contribution in [0.3, 0.4) is 0 Å². The number of esters is 1. The molecule has 1 aliphatic rings. The number of hydrogen-bond donors (Lipinski definition) is 0. The smallest absolute Gasteiger partial charge is 0.490 e. The van der Waals surface area contributed by atoms with Crippen molar-refractivity contribution in [3.05, 3.63) is 23.8 Å². The van der Waals surface area contributed by atoms with Crippen molar-refractivity contribution in [3.63, 3.8) is 0 Å². The zero-order valence-corrected chi connectivity index (χ0v) is 15.2. The Balaban J connectivity index is 2.28. The zero-order chi connectivity index (χ0) is 18.0. The van der Waals surface area contributed by atoms with Gasteiger partial charge in [0.05, 0.1) is 24.9 Å². The Labute approximate surface area is 143 Å². The summed E-state index contributed by atoms with van der Waals surface area (Å²) in [5.41, 5.74) is 0.182. The summed E-state index contributed by atoms with van der Waals surface area (Å²) in [7, 11) is 2.38. The minimum Gasteiger partial charge on any atom is -0.490 e. The van der Waals surface area contributed by atoms with Crippen LogP contribution in [0.15, 0.2) is 18.2 Å². The molecule has 24 heavy (non-hydrogen) atoms. The van der Waals surface area contributed by atoms with Crippen LogP contribution >= 0.6 is 0 Å². The lowest BCUT2D eigenvalue weighted by Crippen LogP contribution is -2.41. The van der Waals surface area contributed by atoms with Gasteiger partial charge < -0.3 is 23.5 Å². The van der Waals surface area contributed by atoms with Crippen molar-refractivity contribution in [2.45, 2.75) is 38.9 Å². The fraction of sp³-hybridized carbons (Fsp3) is 0.588. The van der Waals surface area contributed by atoms with E-state index in [4.69, 9.17) is 23.5 Å². The van der Waals surface area contributed by atoms with Gasteiger partial charge in [-0.1, -0.05) is 6.07 Å². The molecule has 0 bridgehead atoms. The van der Waals surface area contributed by atoms with Gasteiger partial charge in [0.1, 0.15) is 17.9 Å². The fourth-order valence-corrected chi connectivity index (χ4v) is 2.30. The number of ether oxygens (including phenoxy) is 3. The first-order valence-corrected chi connectivity index (χ1v) is 7.91. The van der Waals surface area contributed by atoms with Gasteiger partial charge in [0, 0.05) is 7.11 Å². The molecule has 0 amide bonds. The summed E-state index contributed by atoms with van der Waals surface area (Å²) in [5.74, 6) is -0.0278. The molecule has 0 unspecified atom stereocenters. The van der Waals surface area contributed by atoms with Crippen LogP contribution in [0, 0.1) is 0 Å². The molecule has 1 heterocycles. The van der Waals surface area contributed by atoms with Crippen LogP contribution in [0.25, 0.3) is 0 Å². The Morgan fingerprint density at radius 2 is 1.71 bits per heavy atom. The second-order valence-electron chi connectivity index (χ2n) is 6.68. The highest BCUT2D eigenvalue weighted by molar-refractivity contribution is 6.62. The molecule has 0 spiro atoms. The highest BCUT2D eigenvalue weighted by atomic mass is 16.7. The van der Waals surface area contributed by atoms with Crippen LogP contribution in [0.2, 0.25) is 0 Å². The molecule has 0 aromatic heterocycles. The second-order valence-corrected chi connectivity index (χ2v) is 6.68. The van der Waals surface area contributed by atoms with Crippen LogP contribution in [-0.2, 0) is 18.8 Å². The van der Waals surface area contributed by atoms with Gasteiger partial charge in [-0.05, 0) is 45.3 Å². The molecule has 1 fully saturated rings. The van der Waals surface area contributed by atoms with Gasteiger partial charge in [0.15, 0.2) is 0 Å². The van der Waals surface area contributed by atoms with Gasteiger partial charge in [-0.15, -0.1) is 0 Å². The van der Waals surface area contributed by atoms with Crippen LogP contribution in [0.5, 0.6) is 5.75 Å². The third kappa shape index (κ3) is 3.74. The predicted octanol–water partition coefficient (Wildman–Crippen LogP) is 1.80. The van der Waals surface area contributed by atoms with E-state index in [0.29, 0.717) is 24.5 Å². The van der Waals surface area contributed by atoms with E-state index in [9.17, 15) is 4.79 Å². The van der Waals surface area contributed by atoms with E-state index >= 15 is 0 Å². The largest absolute Gasteiger partial charge is 0.494 e. The second kappa shape index (κ2) is 7.13. The first-order chi connectivity index (χ1) is 11.2. The molecule has 7 heteroatoms. The maximum absolute atomic E-state index is 12.1. The maximum atomic E-state index is 12.1. The number of rotatable bonds is 6. The van der Waals surface area contributed by atoms with Gasteiger partial charge in [-0.25, -0.2) is 4.79 Å². The molecule has 6 nitrogen and oxygen atoms in total. The van der Waals surface area contributed by atoms with Crippen LogP contribution in [0.1, 0.15) is 38.1 Å². The Bertz CT molecular complexity index is 583.